The molecule has 0 aliphatic carbocycles. The topological polar surface area (TPSA) is 29.3 Å². The molecule has 100 valence electrons. The normalized spacial score (nSPS) is 19.8. The van der Waals surface area contributed by atoms with Gasteiger partial charge in [-0.25, -0.2) is 0 Å². The van der Waals surface area contributed by atoms with Gasteiger partial charge >= 0.3 is 6.18 Å². The number of para-hydroxylation sites is 1. The van der Waals surface area contributed by atoms with Crippen molar-refractivity contribution in [2.24, 2.45) is 5.73 Å². The fraction of sp³-hybridized carbons (Fsp3) is 0.538. The number of rotatable bonds is 3. The molecule has 0 saturated heterocycles. The second kappa shape index (κ2) is 5.18. The van der Waals surface area contributed by atoms with E-state index in [0.717, 1.165) is 11.3 Å². The van der Waals surface area contributed by atoms with E-state index in [9.17, 15) is 13.2 Å². The van der Waals surface area contributed by atoms with Crippen molar-refractivity contribution < 1.29 is 13.2 Å². The molecule has 1 aromatic rings. The minimum Gasteiger partial charge on any atom is -0.370 e. The Morgan fingerprint density at radius 2 is 2.00 bits per heavy atom. The third-order valence-corrected chi connectivity index (χ3v) is 3.34. The predicted molar refractivity (Wildman–Crippen MR) is 65.7 cm³/mol. The summed E-state index contributed by atoms with van der Waals surface area (Å²) in [5.74, 6) is -0.421. The van der Waals surface area contributed by atoms with Crippen molar-refractivity contribution in [3.05, 3.63) is 29.8 Å². The van der Waals surface area contributed by atoms with Crippen molar-refractivity contribution in [3.63, 3.8) is 0 Å². The molecule has 0 amide bonds. The molecular formula is C13H17F3N2. The molecule has 0 spiro atoms. The highest BCUT2D eigenvalue weighted by atomic mass is 19.4. The zero-order valence-corrected chi connectivity index (χ0v) is 10.1. The lowest BCUT2D eigenvalue weighted by Crippen LogP contribution is -2.36. The zero-order chi connectivity index (χ0) is 13.2. The highest BCUT2D eigenvalue weighted by molar-refractivity contribution is 5.57. The molecule has 1 aromatic carbocycles. The summed E-state index contributed by atoms with van der Waals surface area (Å²) in [6.45, 7) is 1.85. The maximum atomic E-state index is 12.5. The fourth-order valence-electron chi connectivity index (χ4n) is 2.59. The standard InChI is InChI=1S/C13H17F3N2/c14-13(15,16)9-10-5-7-18(8-6-17)12-4-2-1-3-11(10)12/h1-4,10H,5-9,17H2/t10-/m1/s1. The third kappa shape index (κ3) is 2.96. The molecule has 1 atom stereocenters. The van der Waals surface area contributed by atoms with Gasteiger partial charge in [-0.3, -0.25) is 0 Å². The summed E-state index contributed by atoms with van der Waals surface area (Å²) in [4.78, 5) is 2.07. The van der Waals surface area contributed by atoms with Gasteiger partial charge in [0, 0.05) is 25.3 Å². The molecular weight excluding hydrogens is 241 g/mol. The molecule has 0 saturated carbocycles. The van der Waals surface area contributed by atoms with Crippen molar-refractivity contribution >= 4 is 5.69 Å². The summed E-state index contributed by atoms with van der Waals surface area (Å²) in [5.41, 5.74) is 7.24. The van der Waals surface area contributed by atoms with Crippen molar-refractivity contribution in [1.82, 2.24) is 0 Å². The number of fused-ring (bicyclic) bond motifs is 1. The van der Waals surface area contributed by atoms with Crippen LogP contribution in [0.15, 0.2) is 24.3 Å². The first kappa shape index (κ1) is 13.2. The van der Waals surface area contributed by atoms with Gasteiger partial charge in [-0.2, -0.15) is 13.2 Å². The van der Waals surface area contributed by atoms with Gasteiger partial charge in [-0.15, -0.1) is 0 Å². The van der Waals surface area contributed by atoms with E-state index in [1.807, 2.05) is 12.1 Å². The van der Waals surface area contributed by atoms with Gasteiger partial charge in [0.05, 0.1) is 6.42 Å². The van der Waals surface area contributed by atoms with E-state index in [2.05, 4.69) is 4.90 Å². The Kier molecular flexibility index (Phi) is 3.80. The van der Waals surface area contributed by atoms with E-state index >= 15 is 0 Å². The predicted octanol–water partition coefficient (Wildman–Crippen LogP) is 2.89. The first-order valence-electron chi connectivity index (χ1n) is 6.12. The van der Waals surface area contributed by atoms with Crippen molar-refractivity contribution in [3.8, 4) is 0 Å². The van der Waals surface area contributed by atoms with E-state index in [1.54, 1.807) is 12.1 Å². The molecule has 0 unspecified atom stereocenters. The van der Waals surface area contributed by atoms with Gasteiger partial charge in [-0.1, -0.05) is 18.2 Å². The summed E-state index contributed by atoms with van der Waals surface area (Å²) in [7, 11) is 0. The van der Waals surface area contributed by atoms with E-state index in [1.165, 1.54) is 0 Å². The summed E-state index contributed by atoms with van der Waals surface area (Å²) < 4.78 is 37.6. The van der Waals surface area contributed by atoms with Crippen LogP contribution in [-0.2, 0) is 0 Å². The van der Waals surface area contributed by atoms with Gasteiger partial charge in [-0.05, 0) is 24.0 Å². The maximum Gasteiger partial charge on any atom is 0.389 e. The number of alkyl halides is 3. The number of hydrogen-bond acceptors (Lipinski definition) is 2. The SMILES string of the molecule is NCCN1CC[C@H](CC(F)(F)F)c2ccccc21. The van der Waals surface area contributed by atoms with Crippen molar-refractivity contribution in [2.45, 2.75) is 24.9 Å². The van der Waals surface area contributed by atoms with Crippen LogP contribution in [0.25, 0.3) is 0 Å². The van der Waals surface area contributed by atoms with E-state index in [0.29, 0.717) is 26.1 Å². The van der Waals surface area contributed by atoms with Crippen LogP contribution in [0.5, 0.6) is 0 Å². The quantitative estimate of drug-likeness (QED) is 0.903. The van der Waals surface area contributed by atoms with Crippen LogP contribution < -0.4 is 10.6 Å². The number of anilines is 1. The van der Waals surface area contributed by atoms with Crippen LogP contribution in [0.2, 0.25) is 0 Å². The molecule has 0 aromatic heterocycles. The van der Waals surface area contributed by atoms with Crippen LogP contribution in [0, 0.1) is 0 Å². The summed E-state index contributed by atoms with van der Waals surface area (Å²) in [5, 5.41) is 0. The molecule has 2 nitrogen and oxygen atoms in total. The highest BCUT2D eigenvalue weighted by Crippen LogP contribution is 2.41. The number of nitrogens with zero attached hydrogens (tertiary/aromatic N) is 1. The first-order chi connectivity index (χ1) is 8.51. The van der Waals surface area contributed by atoms with Crippen LogP contribution in [0.1, 0.15) is 24.3 Å². The Hall–Kier alpha value is -1.23. The Morgan fingerprint density at radius 3 is 2.67 bits per heavy atom. The molecule has 0 radical (unpaired) electrons. The lowest BCUT2D eigenvalue weighted by atomic mass is 9.87. The van der Waals surface area contributed by atoms with Crippen LogP contribution in [-0.4, -0.2) is 25.8 Å². The maximum absolute atomic E-state index is 12.5. The Morgan fingerprint density at radius 1 is 1.28 bits per heavy atom. The zero-order valence-electron chi connectivity index (χ0n) is 10.1. The minimum absolute atomic E-state index is 0.421. The molecule has 1 aliphatic heterocycles. The number of nitrogens with two attached hydrogens (primary N) is 1. The fourth-order valence-corrected chi connectivity index (χ4v) is 2.59. The van der Waals surface area contributed by atoms with Crippen molar-refractivity contribution in [2.75, 3.05) is 24.5 Å². The van der Waals surface area contributed by atoms with Gasteiger partial charge in [0.2, 0.25) is 0 Å². The lowest BCUT2D eigenvalue weighted by Gasteiger charge is -2.35. The Bertz CT molecular complexity index is 403. The number of hydrogen-bond donors (Lipinski definition) is 1. The molecule has 0 fully saturated rings. The molecule has 1 aliphatic rings. The largest absolute Gasteiger partial charge is 0.389 e. The number of halogens is 3. The van der Waals surface area contributed by atoms with Crippen molar-refractivity contribution in [1.29, 1.82) is 0 Å². The van der Waals surface area contributed by atoms with Gasteiger partial charge < -0.3 is 10.6 Å². The third-order valence-electron chi connectivity index (χ3n) is 3.34. The molecule has 2 N–H and O–H groups in total. The lowest BCUT2D eigenvalue weighted by molar-refractivity contribution is -0.139. The second-order valence-corrected chi connectivity index (χ2v) is 4.64. The Balaban J connectivity index is 2.25. The van der Waals surface area contributed by atoms with Gasteiger partial charge in [0.1, 0.15) is 0 Å². The van der Waals surface area contributed by atoms with Gasteiger partial charge in [0.15, 0.2) is 0 Å². The average molecular weight is 258 g/mol. The molecule has 1 heterocycles. The van der Waals surface area contributed by atoms with Crippen LogP contribution in [0.3, 0.4) is 0 Å². The summed E-state index contributed by atoms with van der Waals surface area (Å²) in [6.07, 6.45) is -4.30. The number of benzene rings is 1. The first-order valence-corrected chi connectivity index (χ1v) is 6.12. The van der Waals surface area contributed by atoms with Crippen LogP contribution >= 0.6 is 0 Å². The molecule has 5 heteroatoms. The minimum atomic E-state index is -4.10. The monoisotopic (exact) mass is 258 g/mol. The van der Waals surface area contributed by atoms with E-state index < -0.39 is 18.5 Å². The smallest absolute Gasteiger partial charge is 0.370 e. The Labute approximate surface area is 105 Å². The summed E-state index contributed by atoms with van der Waals surface area (Å²) in [6, 6.07) is 7.34. The van der Waals surface area contributed by atoms with E-state index in [-0.39, 0.29) is 0 Å². The highest BCUT2D eigenvalue weighted by Gasteiger charge is 2.35. The second-order valence-electron chi connectivity index (χ2n) is 4.64. The molecule has 18 heavy (non-hydrogen) atoms. The van der Waals surface area contributed by atoms with E-state index in [4.69, 9.17) is 5.73 Å². The average Bonchev–Trinajstić information content (AvgIpc) is 2.31. The molecule has 2 rings (SSSR count). The summed E-state index contributed by atoms with van der Waals surface area (Å²) >= 11 is 0. The van der Waals surface area contributed by atoms with Gasteiger partial charge in [0.25, 0.3) is 0 Å². The van der Waals surface area contributed by atoms with Crippen LogP contribution in [0.4, 0.5) is 18.9 Å². The molecule has 0 bridgehead atoms.